The van der Waals surface area contributed by atoms with Crippen LogP contribution in [-0.2, 0) is 13.0 Å². The van der Waals surface area contributed by atoms with Crippen LogP contribution in [0, 0.1) is 0 Å². The highest BCUT2D eigenvalue weighted by atomic mass is 35.5. The van der Waals surface area contributed by atoms with Gasteiger partial charge in [0.15, 0.2) is 5.78 Å². The summed E-state index contributed by atoms with van der Waals surface area (Å²) in [4.78, 5) is 23.6. The van der Waals surface area contributed by atoms with Crippen LogP contribution in [0.2, 0.25) is 0 Å². The van der Waals surface area contributed by atoms with Gasteiger partial charge in [-0.2, -0.15) is 0 Å². The lowest BCUT2D eigenvalue weighted by atomic mass is 10.0. The summed E-state index contributed by atoms with van der Waals surface area (Å²) in [6, 6.07) is 15.7. The molecule has 0 saturated carbocycles. The van der Waals surface area contributed by atoms with E-state index in [-0.39, 0.29) is 24.2 Å². The number of amides is 2. The van der Waals surface area contributed by atoms with Crippen molar-refractivity contribution in [3.05, 3.63) is 65.2 Å². The van der Waals surface area contributed by atoms with Crippen molar-refractivity contribution in [1.82, 2.24) is 10.6 Å². The van der Waals surface area contributed by atoms with Gasteiger partial charge in [-0.3, -0.25) is 4.79 Å². The van der Waals surface area contributed by atoms with E-state index in [1.54, 1.807) is 6.07 Å². The van der Waals surface area contributed by atoms with Crippen LogP contribution < -0.4 is 16.0 Å². The molecular formula is C21H26ClN3O2. The molecule has 27 heavy (non-hydrogen) atoms. The SMILES string of the molecule is Cl.O=C1NCc2cc(C(=O)CCCCNCCc3ccccc3)ccc2N1. The number of rotatable bonds is 9. The Morgan fingerprint density at radius 3 is 2.67 bits per heavy atom. The third-order valence-corrected chi connectivity index (χ3v) is 4.56. The number of carbonyl (C=O) groups excluding carboxylic acids is 2. The van der Waals surface area contributed by atoms with Gasteiger partial charge in [-0.05, 0) is 61.7 Å². The Bertz CT molecular complexity index is 765. The molecule has 0 fully saturated rings. The largest absolute Gasteiger partial charge is 0.334 e. The van der Waals surface area contributed by atoms with Gasteiger partial charge < -0.3 is 16.0 Å². The molecule has 0 atom stereocenters. The summed E-state index contributed by atoms with van der Waals surface area (Å²) in [5.41, 5.74) is 3.80. The molecule has 3 N–H and O–H groups in total. The fourth-order valence-corrected chi connectivity index (χ4v) is 3.06. The molecule has 0 aromatic heterocycles. The number of benzene rings is 2. The highest BCUT2D eigenvalue weighted by molar-refractivity contribution is 5.98. The van der Waals surface area contributed by atoms with Crippen LogP contribution >= 0.6 is 12.4 Å². The second-order valence-corrected chi connectivity index (χ2v) is 6.55. The lowest BCUT2D eigenvalue weighted by Gasteiger charge is -2.18. The summed E-state index contributed by atoms with van der Waals surface area (Å²) in [7, 11) is 0. The van der Waals surface area contributed by atoms with E-state index in [0.717, 1.165) is 49.2 Å². The zero-order chi connectivity index (χ0) is 18.2. The third-order valence-electron chi connectivity index (χ3n) is 4.56. The van der Waals surface area contributed by atoms with Crippen molar-refractivity contribution in [3.63, 3.8) is 0 Å². The second-order valence-electron chi connectivity index (χ2n) is 6.55. The Balaban J connectivity index is 0.00000261. The Labute approximate surface area is 166 Å². The van der Waals surface area contributed by atoms with Crippen molar-refractivity contribution in [3.8, 4) is 0 Å². The summed E-state index contributed by atoms with van der Waals surface area (Å²) < 4.78 is 0. The smallest absolute Gasteiger partial charge is 0.319 e. The van der Waals surface area contributed by atoms with Crippen molar-refractivity contribution in [2.45, 2.75) is 32.2 Å². The van der Waals surface area contributed by atoms with Gasteiger partial charge in [-0.15, -0.1) is 12.4 Å². The third kappa shape index (κ3) is 6.38. The van der Waals surface area contributed by atoms with E-state index in [1.165, 1.54) is 5.56 Å². The Kier molecular flexibility index (Phi) is 8.30. The lowest BCUT2D eigenvalue weighted by Crippen LogP contribution is -2.33. The fraction of sp³-hybridized carbons (Fsp3) is 0.333. The number of fused-ring (bicyclic) bond motifs is 1. The molecule has 0 radical (unpaired) electrons. The predicted molar refractivity (Wildman–Crippen MR) is 111 cm³/mol. The minimum absolute atomic E-state index is 0. The molecule has 0 bridgehead atoms. The van der Waals surface area contributed by atoms with E-state index in [4.69, 9.17) is 0 Å². The lowest BCUT2D eigenvalue weighted by molar-refractivity contribution is 0.0979. The molecule has 6 heteroatoms. The van der Waals surface area contributed by atoms with Gasteiger partial charge in [0.05, 0.1) is 0 Å². The molecule has 0 spiro atoms. The summed E-state index contributed by atoms with van der Waals surface area (Å²) in [6.45, 7) is 2.36. The van der Waals surface area contributed by atoms with Gasteiger partial charge in [0.2, 0.25) is 0 Å². The van der Waals surface area contributed by atoms with Crippen molar-refractivity contribution in [2.24, 2.45) is 0 Å². The van der Waals surface area contributed by atoms with E-state index in [1.807, 2.05) is 18.2 Å². The van der Waals surface area contributed by atoms with Gasteiger partial charge in [0.1, 0.15) is 0 Å². The molecule has 2 amide bonds. The molecule has 3 rings (SSSR count). The van der Waals surface area contributed by atoms with Crippen molar-refractivity contribution < 1.29 is 9.59 Å². The number of halogens is 1. The van der Waals surface area contributed by atoms with Crippen LogP contribution in [0.25, 0.3) is 0 Å². The Hall–Kier alpha value is -2.37. The average Bonchev–Trinajstić information content (AvgIpc) is 2.67. The van der Waals surface area contributed by atoms with Crippen molar-refractivity contribution >= 4 is 29.9 Å². The Morgan fingerprint density at radius 2 is 1.85 bits per heavy atom. The van der Waals surface area contributed by atoms with Crippen LogP contribution in [0.5, 0.6) is 0 Å². The molecular weight excluding hydrogens is 362 g/mol. The van der Waals surface area contributed by atoms with Gasteiger partial charge >= 0.3 is 6.03 Å². The first-order valence-corrected chi connectivity index (χ1v) is 9.18. The van der Waals surface area contributed by atoms with Crippen LogP contribution in [0.4, 0.5) is 10.5 Å². The summed E-state index contributed by atoms with van der Waals surface area (Å²) in [5.74, 6) is 0.161. The number of urea groups is 1. The zero-order valence-corrected chi connectivity index (χ0v) is 16.1. The standard InChI is InChI=1S/C21H25N3O2.ClH/c25-20(17-9-10-19-18(14-17)15-23-21(26)24-19)8-4-5-12-22-13-11-16-6-2-1-3-7-16;/h1-3,6-7,9-10,14,22H,4-5,8,11-13,15H2,(H2,23,24,26);1H. The van der Waals surface area contributed by atoms with Gasteiger partial charge in [-0.1, -0.05) is 30.3 Å². The zero-order valence-electron chi connectivity index (χ0n) is 15.3. The first-order chi connectivity index (χ1) is 12.7. The van der Waals surface area contributed by atoms with Gasteiger partial charge in [0.25, 0.3) is 0 Å². The summed E-state index contributed by atoms with van der Waals surface area (Å²) >= 11 is 0. The van der Waals surface area contributed by atoms with Crippen LogP contribution in [0.3, 0.4) is 0 Å². The molecule has 2 aromatic rings. The van der Waals surface area contributed by atoms with Crippen LogP contribution in [0.15, 0.2) is 48.5 Å². The molecule has 1 heterocycles. The number of anilines is 1. The van der Waals surface area contributed by atoms with Crippen LogP contribution in [0.1, 0.15) is 40.7 Å². The number of Topliss-reactive ketones (excluding diaryl/α,β-unsaturated/α-hetero) is 1. The summed E-state index contributed by atoms with van der Waals surface area (Å²) in [5, 5.41) is 8.89. The molecule has 1 aliphatic rings. The molecule has 0 unspecified atom stereocenters. The molecule has 2 aromatic carbocycles. The number of ketones is 1. The number of carbonyl (C=O) groups is 2. The maximum atomic E-state index is 12.3. The molecule has 0 aliphatic carbocycles. The monoisotopic (exact) mass is 387 g/mol. The number of hydrogen-bond donors (Lipinski definition) is 3. The molecule has 0 saturated heterocycles. The van der Waals surface area contributed by atoms with E-state index < -0.39 is 0 Å². The molecule has 144 valence electrons. The quantitative estimate of drug-likeness (QED) is 0.451. The maximum absolute atomic E-state index is 12.3. The van der Waals surface area contributed by atoms with E-state index in [2.05, 4.69) is 40.2 Å². The topological polar surface area (TPSA) is 70.2 Å². The Morgan fingerprint density at radius 1 is 1.04 bits per heavy atom. The number of hydrogen-bond acceptors (Lipinski definition) is 3. The second kappa shape index (κ2) is 10.7. The van der Waals surface area contributed by atoms with Crippen molar-refractivity contribution in [1.29, 1.82) is 0 Å². The number of nitrogens with one attached hydrogen (secondary N) is 3. The minimum Gasteiger partial charge on any atom is -0.334 e. The fourth-order valence-electron chi connectivity index (χ4n) is 3.06. The van der Waals surface area contributed by atoms with Crippen molar-refractivity contribution in [2.75, 3.05) is 18.4 Å². The minimum atomic E-state index is -0.198. The first-order valence-electron chi connectivity index (χ1n) is 9.18. The van der Waals surface area contributed by atoms with E-state index >= 15 is 0 Å². The van der Waals surface area contributed by atoms with Crippen LogP contribution in [-0.4, -0.2) is 24.9 Å². The number of unbranched alkanes of at least 4 members (excludes halogenated alkanes) is 1. The van der Waals surface area contributed by atoms with Gasteiger partial charge in [-0.25, -0.2) is 4.79 Å². The average molecular weight is 388 g/mol. The van der Waals surface area contributed by atoms with E-state index in [9.17, 15) is 9.59 Å². The normalized spacial score (nSPS) is 12.4. The highest BCUT2D eigenvalue weighted by Gasteiger charge is 2.15. The molecule has 5 nitrogen and oxygen atoms in total. The summed E-state index contributed by atoms with van der Waals surface area (Å²) in [6.07, 6.45) is 3.45. The van der Waals surface area contributed by atoms with Gasteiger partial charge in [0, 0.05) is 24.2 Å². The molecule has 1 aliphatic heterocycles. The predicted octanol–water partition coefficient (Wildman–Crippen LogP) is 3.93. The maximum Gasteiger partial charge on any atom is 0.319 e. The van der Waals surface area contributed by atoms with E-state index in [0.29, 0.717) is 13.0 Å². The highest BCUT2D eigenvalue weighted by Crippen LogP contribution is 2.21. The first kappa shape index (κ1) is 20.9.